The quantitative estimate of drug-likeness (QED) is 0.642. The molecule has 0 radical (unpaired) electrons. The highest BCUT2D eigenvalue weighted by atomic mass is 19.1. The van der Waals surface area contributed by atoms with E-state index in [0.717, 1.165) is 12.8 Å². The van der Waals surface area contributed by atoms with Crippen LogP contribution in [0.4, 0.5) is 15.8 Å². The van der Waals surface area contributed by atoms with E-state index in [9.17, 15) is 9.18 Å². The highest BCUT2D eigenvalue weighted by molar-refractivity contribution is 5.69. The van der Waals surface area contributed by atoms with Crippen LogP contribution in [0.1, 0.15) is 65.4 Å². The zero-order valence-electron chi connectivity index (χ0n) is 15.8. The molecule has 0 atom stereocenters. The Labute approximate surface area is 150 Å². The second kappa shape index (κ2) is 7.22. The second-order valence-corrected chi connectivity index (χ2v) is 9.00. The van der Waals surface area contributed by atoms with Crippen molar-refractivity contribution >= 4 is 17.3 Å². The van der Waals surface area contributed by atoms with Gasteiger partial charge in [-0.05, 0) is 54.6 Å². The molecule has 140 valence electrons. The molecule has 0 spiro atoms. The Morgan fingerprint density at radius 1 is 1.28 bits per heavy atom. The Morgan fingerprint density at radius 3 is 2.44 bits per heavy atom. The number of aliphatic carboxylic acids is 1. The van der Waals surface area contributed by atoms with Crippen molar-refractivity contribution in [3.63, 3.8) is 0 Å². The number of halogens is 1. The molecule has 4 nitrogen and oxygen atoms in total. The fourth-order valence-electron chi connectivity index (χ4n) is 4.56. The minimum Gasteiger partial charge on any atom is -0.481 e. The van der Waals surface area contributed by atoms with Crippen LogP contribution in [0.2, 0.25) is 0 Å². The molecule has 4 N–H and O–H groups in total. The zero-order chi connectivity index (χ0) is 18.8. The second-order valence-electron chi connectivity index (χ2n) is 9.00. The number of hydrogen-bond acceptors (Lipinski definition) is 3. The molecule has 0 heterocycles. The standard InChI is InChI=1S/C20H31FN2O2/c1-19(2)10-14(11-20(3,4)12-19)23-15-9-8-13(17(21)18(15)22)6-5-7-16(24)25/h8-9,14,23H,5-7,10-12,22H2,1-4H3,(H,24,25). The first-order valence-corrected chi connectivity index (χ1v) is 9.04. The SMILES string of the molecule is CC1(C)CC(Nc2ccc(CCCC(=O)O)c(F)c2N)CC(C)(C)C1. The minimum atomic E-state index is -0.866. The number of carboxylic acid groups (broad SMARTS) is 1. The van der Waals surface area contributed by atoms with Crippen LogP contribution < -0.4 is 11.1 Å². The molecule has 25 heavy (non-hydrogen) atoms. The Hall–Kier alpha value is -1.78. The Balaban J connectivity index is 2.10. The predicted molar refractivity (Wildman–Crippen MR) is 100 cm³/mol. The van der Waals surface area contributed by atoms with Gasteiger partial charge in [0, 0.05) is 12.5 Å². The van der Waals surface area contributed by atoms with Gasteiger partial charge in [-0.1, -0.05) is 33.8 Å². The van der Waals surface area contributed by atoms with Crippen LogP contribution in [0.3, 0.4) is 0 Å². The third-order valence-electron chi connectivity index (χ3n) is 5.01. The normalized spacial score (nSPS) is 19.6. The van der Waals surface area contributed by atoms with Gasteiger partial charge in [-0.15, -0.1) is 0 Å². The number of nitrogens with one attached hydrogen (secondary N) is 1. The molecule has 0 amide bonds. The van der Waals surface area contributed by atoms with Crippen molar-refractivity contribution in [3.05, 3.63) is 23.5 Å². The maximum absolute atomic E-state index is 14.5. The number of hydrogen-bond donors (Lipinski definition) is 3. The molecule has 5 heteroatoms. The number of nitrogen functional groups attached to an aromatic ring is 1. The lowest BCUT2D eigenvalue weighted by Gasteiger charge is -2.45. The molecule has 2 rings (SSSR count). The average molecular weight is 350 g/mol. The van der Waals surface area contributed by atoms with Crippen molar-refractivity contribution in [2.75, 3.05) is 11.1 Å². The zero-order valence-corrected chi connectivity index (χ0v) is 15.8. The highest BCUT2D eigenvalue weighted by Gasteiger charge is 2.38. The summed E-state index contributed by atoms with van der Waals surface area (Å²) in [4.78, 5) is 10.6. The Bertz CT molecular complexity index is 625. The predicted octanol–water partition coefficient (Wildman–Crippen LogP) is 4.83. The van der Waals surface area contributed by atoms with Crippen molar-refractivity contribution < 1.29 is 14.3 Å². The van der Waals surface area contributed by atoms with E-state index in [1.165, 1.54) is 6.42 Å². The Kier molecular flexibility index (Phi) is 5.65. The van der Waals surface area contributed by atoms with E-state index in [4.69, 9.17) is 10.8 Å². The number of carbonyl (C=O) groups is 1. The molecule has 0 aromatic heterocycles. The molecular formula is C20H31FN2O2. The lowest BCUT2D eigenvalue weighted by Crippen LogP contribution is -2.40. The summed E-state index contributed by atoms with van der Waals surface area (Å²) < 4.78 is 14.5. The summed E-state index contributed by atoms with van der Waals surface area (Å²) in [5.41, 5.74) is 7.74. The molecule has 1 fully saturated rings. The Morgan fingerprint density at radius 2 is 1.88 bits per heavy atom. The number of carboxylic acids is 1. The monoisotopic (exact) mass is 350 g/mol. The molecule has 0 aliphatic heterocycles. The molecule has 1 aliphatic rings. The summed E-state index contributed by atoms with van der Waals surface area (Å²) in [6.45, 7) is 9.10. The summed E-state index contributed by atoms with van der Waals surface area (Å²) in [5.74, 6) is -1.29. The van der Waals surface area contributed by atoms with E-state index in [2.05, 4.69) is 33.0 Å². The van der Waals surface area contributed by atoms with Crippen LogP contribution in [0, 0.1) is 16.6 Å². The van der Waals surface area contributed by atoms with Gasteiger partial charge in [0.2, 0.25) is 0 Å². The molecule has 1 saturated carbocycles. The third kappa shape index (κ3) is 5.35. The van der Waals surface area contributed by atoms with Crippen molar-refractivity contribution in [2.45, 2.75) is 72.3 Å². The molecule has 0 unspecified atom stereocenters. The number of aryl methyl sites for hydroxylation is 1. The van der Waals surface area contributed by atoms with Gasteiger partial charge in [0.15, 0.2) is 5.82 Å². The first kappa shape index (κ1) is 19.5. The lowest BCUT2D eigenvalue weighted by atomic mass is 9.63. The van der Waals surface area contributed by atoms with Crippen molar-refractivity contribution in [1.82, 2.24) is 0 Å². The van der Waals surface area contributed by atoms with Crippen molar-refractivity contribution in [1.29, 1.82) is 0 Å². The molecule has 1 aliphatic carbocycles. The summed E-state index contributed by atoms with van der Waals surface area (Å²) in [6.07, 6.45) is 4.04. The van der Waals surface area contributed by atoms with Crippen LogP contribution in [-0.4, -0.2) is 17.1 Å². The summed E-state index contributed by atoms with van der Waals surface area (Å²) in [7, 11) is 0. The van der Waals surface area contributed by atoms with Crippen LogP contribution in [-0.2, 0) is 11.2 Å². The van der Waals surface area contributed by atoms with Gasteiger partial charge in [-0.25, -0.2) is 4.39 Å². The summed E-state index contributed by atoms with van der Waals surface area (Å²) >= 11 is 0. The van der Waals surface area contributed by atoms with Crippen LogP contribution in [0.5, 0.6) is 0 Å². The van der Waals surface area contributed by atoms with Gasteiger partial charge >= 0.3 is 5.97 Å². The molecule has 0 bridgehead atoms. The van der Waals surface area contributed by atoms with Crippen molar-refractivity contribution in [2.24, 2.45) is 10.8 Å². The van der Waals surface area contributed by atoms with E-state index >= 15 is 0 Å². The van der Waals surface area contributed by atoms with Gasteiger partial charge in [-0.3, -0.25) is 4.79 Å². The maximum atomic E-state index is 14.5. The van der Waals surface area contributed by atoms with Gasteiger partial charge in [-0.2, -0.15) is 0 Å². The highest BCUT2D eigenvalue weighted by Crippen LogP contribution is 2.46. The number of nitrogens with two attached hydrogens (primary N) is 1. The lowest BCUT2D eigenvalue weighted by molar-refractivity contribution is -0.137. The van der Waals surface area contributed by atoms with E-state index in [1.807, 2.05) is 6.07 Å². The van der Waals surface area contributed by atoms with Crippen molar-refractivity contribution in [3.8, 4) is 0 Å². The molecule has 0 saturated heterocycles. The van der Waals surface area contributed by atoms with Crippen LogP contribution in [0.15, 0.2) is 12.1 Å². The van der Waals surface area contributed by atoms with E-state index in [0.29, 0.717) is 24.1 Å². The maximum Gasteiger partial charge on any atom is 0.303 e. The van der Waals surface area contributed by atoms with Gasteiger partial charge < -0.3 is 16.2 Å². The van der Waals surface area contributed by atoms with E-state index in [-0.39, 0.29) is 29.0 Å². The number of anilines is 2. The smallest absolute Gasteiger partial charge is 0.303 e. The fraction of sp³-hybridized carbons (Fsp3) is 0.650. The first-order chi connectivity index (χ1) is 11.5. The van der Waals surface area contributed by atoms with Gasteiger partial charge in [0.05, 0.1) is 11.4 Å². The summed E-state index contributed by atoms with van der Waals surface area (Å²) in [6, 6.07) is 3.80. The third-order valence-corrected chi connectivity index (χ3v) is 5.01. The first-order valence-electron chi connectivity index (χ1n) is 9.04. The fourth-order valence-corrected chi connectivity index (χ4v) is 4.56. The molecular weight excluding hydrogens is 319 g/mol. The minimum absolute atomic E-state index is 0.0333. The van der Waals surface area contributed by atoms with Crippen LogP contribution >= 0.6 is 0 Å². The topological polar surface area (TPSA) is 75.3 Å². The van der Waals surface area contributed by atoms with Crippen LogP contribution in [0.25, 0.3) is 0 Å². The number of rotatable bonds is 6. The van der Waals surface area contributed by atoms with Gasteiger partial charge in [0.1, 0.15) is 0 Å². The van der Waals surface area contributed by atoms with Gasteiger partial charge in [0.25, 0.3) is 0 Å². The molecule has 1 aromatic rings. The van der Waals surface area contributed by atoms with E-state index in [1.54, 1.807) is 6.07 Å². The largest absolute Gasteiger partial charge is 0.481 e. The van der Waals surface area contributed by atoms with E-state index < -0.39 is 11.8 Å². The average Bonchev–Trinajstić information content (AvgIpc) is 2.42. The molecule has 1 aromatic carbocycles. The number of benzene rings is 1. The summed E-state index contributed by atoms with van der Waals surface area (Å²) in [5, 5.41) is 12.1.